The Morgan fingerprint density at radius 3 is 2.37 bits per heavy atom. The van der Waals surface area contributed by atoms with Crippen LogP contribution in [0.15, 0.2) is 102 Å². The van der Waals surface area contributed by atoms with E-state index in [0.29, 0.717) is 12.3 Å². The summed E-state index contributed by atoms with van der Waals surface area (Å²) in [5.74, 6) is 0.00803. The predicted molar refractivity (Wildman–Crippen MR) is 166 cm³/mol. The Balaban J connectivity index is 1.74. The molecule has 0 fully saturated rings. The Hall–Kier alpha value is -4.26. The predicted octanol–water partition coefficient (Wildman–Crippen LogP) is 6.96. The topological polar surface area (TPSA) is 78.2 Å². The van der Waals surface area contributed by atoms with E-state index in [-0.39, 0.29) is 0 Å². The second-order valence-corrected chi connectivity index (χ2v) is 10.9. The molecule has 0 spiro atoms. The van der Waals surface area contributed by atoms with Crippen LogP contribution in [0, 0.1) is 0 Å². The third kappa shape index (κ3) is 6.09. The first-order valence-corrected chi connectivity index (χ1v) is 14.0. The molecule has 41 heavy (non-hydrogen) atoms. The molecule has 6 heteroatoms. The summed E-state index contributed by atoms with van der Waals surface area (Å²) < 4.78 is 5.90. The number of methoxy groups -OCH3 is 1. The number of ether oxygens (including phenoxy) is 1. The number of aliphatic hydroxyl groups is 1. The van der Waals surface area contributed by atoms with Gasteiger partial charge in [0.2, 0.25) is 5.88 Å². The molecule has 0 saturated heterocycles. The molecule has 1 heterocycles. The first kappa shape index (κ1) is 28.3. The van der Waals surface area contributed by atoms with E-state index in [1.165, 1.54) is 6.21 Å². The molecule has 1 aromatic heterocycles. The molecule has 0 aliphatic rings. The number of pyridine rings is 1. The van der Waals surface area contributed by atoms with Crippen LogP contribution in [-0.4, -0.2) is 54.2 Å². The SMILES string of the molecule is COc1nc2ccc(C=NO)cc2cc1[C@@H](c1ccccc1)[C@](O)(CCCCN(C)C)c1ccc2ccccc2c1. The van der Waals surface area contributed by atoms with Gasteiger partial charge in [0.1, 0.15) is 5.60 Å². The summed E-state index contributed by atoms with van der Waals surface area (Å²) in [4.78, 5) is 7.04. The Bertz CT molecular complexity index is 1650. The fourth-order valence-corrected chi connectivity index (χ4v) is 5.81. The number of hydrogen-bond acceptors (Lipinski definition) is 6. The molecule has 0 amide bonds. The van der Waals surface area contributed by atoms with Crippen molar-refractivity contribution >= 4 is 27.9 Å². The molecule has 4 aromatic carbocycles. The number of rotatable bonds is 11. The van der Waals surface area contributed by atoms with Gasteiger partial charge in [0.15, 0.2) is 0 Å². The van der Waals surface area contributed by atoms with Gasteiger partial charge < -0.3 is 20.0 Å². The van der Waals surface area contributed by atoms with E-state index in [4.69, 9.17) is 14.9 Å². The maximum atomic E-state index is 13.1. The highest BCUT2D eigenvalue weighted by Gasteiger charge is 2.42. The smallest absolute Gasteiger partial charge is 0.217 e. The van der Waals surface area contributed by atoms with Gasteiger partial charge in [-0.3, -0.25) is 0 Å². The summed E-state index contributed by atoms with van der Waals surface area (Å²) in [5.41, 5.74) is 2.88. The number of fused-ring (bicyclic) bond motifs is 2. The lowest BCUT2D eigenvalue weighted by Gasteiger charge is -2.38. The zero-order valence-electron chi connectivity index (χ0n) is 23.9. The Morgan fingerprint density at radius 2 is 1.63 bits per heavy atom. The molecule has 0 unspecified atom stereocenters. The van der Waals surface area contributed by atoms with Crippen molar-refractivity contribution in [3.8, 4) is 5.88 Å². The monoisotopic (exact) mass is 547 g/mol. The number of nitrogens with zero attached hydrogens (tertiary/aromatic N) is 3. The average Bonchev–Trinajstić information content (AvgIpc) is 2.99. The normalized spacial score (nSPS) is 14.1. The molecule has 5 aromatic rings. The lowest BCUT2D eigenvalue weighted by Crippen LogP contribution is -2.35. The molecule has 5 rings (SSSR count). The van der Waals surface area contributed by atoms with Crippen molar-refractivity contribution in [3.05, 3.63) is 119 Å². The van der Waals surface area contributed by atoms with Gasteiger partial charge in [-0.05, 0) is 91.6 Å². The van der Waals surface area contributed by atoms with Crippen LogP contribution in [0.5, 0.6) is 5.88 Å². The van der Waals surface area contributed by atoms with E-state index in [0.717, 1.165) is 63.3 Å². The number of hydrogen-bond donors (Lipinski definition) is 2. The van der Waals surface area contributed by atoms with Crippen LogP contribution in [0.25, 0.3) is 21.7 Å². The van der Waals surface area contributed by atoms with E-state index in [9.17, 15) is 5.11 Å². The summed E-state index contributed by atoms with van der Waals surface area (Å²) in [6, 6.07) is 32.3. The third-order valence-electron chi connectivity index (χ3n) is 7.82. The molecule has 0 aliphatic carbocycles. The van der Waals surface area contributed by atoms with E-state index in [1.54, 1.807) is 7.11 Å². The third-order valence-corrected chi connectivity index (χ3v) is 7.82. The van der Waals surface area contributed by atoms with Gasteiger partial charge in [-0.15, -0.1) is 0 Å². The van der Waals surface area contributed by atoms with Crippen LogP contribution in [0.2, 0.25) is 0 Å². The highest BCUT2D eigenvalue weighted by molar-refractivity contribution is 5.89. The quantitative estimate of drug-likeness (QED) is 0.0809. The minimum absolute atomic E-state index is 0.466. The van der Waals surface area contributed by atoms with Gasteiger partial charge in [0.05, 0.1) is 18.8 Å². The zero-order valence-corrected chi connectivity index (χ0v) is 23.9. The van der Waals surface area contributed by atoms with Crippen LogP contribution < -0.4 is 4.74 Å². The molecule has 6 nitrogen and oxygen atoms in total. The van der Waals surface area contributed by atoms with Crippen LogP contribution in [0.3, 0.4) is 0 Å². The minimum Gasteiger partial charge on any atom is -0.481 e. The second kappa shape index (κ2) is 12.5. The van der Waals surface area contributed by atoms with Crippen LogP contribution in [0.1, 0.15) is 47.4 Å². The maximum Gasteiger partial charge on any atom is 0.217 e. The Morgan fingerprint density at radius 1 is 0.878 bits per heavy atom. The van der Waals surface area contributed by atoms with Gasteiger partial charge in [0.25, 0.3) is 0 Å². The average molecular weight is 548 g/mol. The molecular weight excluding hydrogens is 510 g/mol. The summed E-state index contributed by atoms with van der Waals surface area (Å²) in [6.45, 7) is 0.944. The van der Waals surface area contributed by atoms with Crippen molar-refractivity contribution < 1.29 is 15.1 Å². The van der Waals surface area contributed by atoms with E-state index in [2.05, 4.69) is 72.7 Å². The fourth-order valence-electron chi connectivity index (χ4n) is 5.81. The van der Waals surface area contributed by atoms with Crippen molar-refractivity contribution in [2.75, 3.05) is 27.7 Å². The molecular formula is C35H37N3O3. The molecule has 2 N–H and O–H groups in total. The van der Waals surface area contributed by atoms with Crippen molar-refractivity contribution in [1.29, 1.82) is 0 Å². The van der Waals surface area contributed by atoms with E-state index in [1.807, 2.05) is 48.5 Å². The molecule has 0 aliphatic heterocycles. The van der Waals surface area contributed by atoms with E-state index < -0.39 is 11.5 Å². The van der Waals surface area contributed by atoms with Crippen LogP contribution in [-0.2, 0) is 5.60 Å². The summed E-state index contributed by atoms with van der Waals surface area (Å²) in [6.07, 6.45) is 3.75. The van der Waals surface area contributed by atoms with Crippen LogP contribution in [0.4, 0.5) is 0 Å². The first-order valence-electron chi connectivity index (χ1n) is 14.0. The van der Waals surface area contributed by atoms with E-state index >= 15 is 0 Å². The number of aromatic nitrogens is 1. The van der Waals surface area contributed by atoms with Crippen LogP contribution >= 0.6 is 0 Å². The van der Waals surface area contributed by atoms with Gasteiger partial charge in [-0.25, -0.2) is 4.98 Å². The Kier molecular flexibility index (Phi) is 8.62. The zero-order chi connectivity index (χ0) is 28.8. The summed E-state index contributed by atoms with van der Waals surface area (Å²) >= 11 is 0. The number of unbranched alkanes of at least 4 members (excludes halogenated alkanes) is 1. The van der Waals surface area contributed by atoms with Gasteiger partial charge in [-0.1, -0.05) is 78.0 Å². The molecule has 0 bridgehead atoms. The molecule has 0 radical (unpaired) electrons. The summed E-state index contributed by atoms with van der Waals surface area (Å²) in [5, 5.41) is 28.4. The van der Waals surface area contributed by atoms with Gasteiger partial charge >= 0.3 is 0 Å². The van der Waals surface area contributed by atoms with Gasteiger partial charge in [-0.2, -0.15) is 0 Å². The summed E-state index contributed by atoms with van der Waals surface area (Å²) in [7, 11) is 5.77. The maximum absolute atomic E-state index is 13.1. The van der Waals surface area contributed by atoms with Crippen molar-refractivity contribution in [2.24, 2.45) is 5.16 Å². The first-order chi connectivity index (χ1) is 19.9. The van der Waals surface area contributed by atoms with Crippen molar-refractivity contribution in [2.45, 2.75) is 30.8 Å². The number of oxime groups is 1. The Labute approximate surface area is 241 Å². The van der Waals surface area contributed by atoms with Crippen molar-refractivity contribution in [3.63, 3.8) is 0 Å². The minimum atomic E-state index is -1.26. The largest absolute Gasteiger partial charge is 0.481 e. The number of benzene rings is 4. The highest BCUT2D eigenvalue weighted by atomic mass is 16.5. The lowest BCUT2D eigenvalue weighted by molar-refractivity contribution is 0.00690. The standard InChI is InChI=1S/C35H37N3O3/c1-38(2)20-10-9-19-35(39,30-17-16-26-11-7-8-14-28(26)22-30)33(27-12-5-4-6-13-27)31-23-29-21-25(24-36-40)15-18-32(29)37-34(31)41-3/h4-8,11-18,21-24,33,39-40H,9-10,19-20H2,1-3H3/t33-,35+/m1/s1. The fraction of sp³-hybridized carbons (Fsp3) is 0.257. The molecule has 2 atom stereocenters. The van der Waals surface area contributed by atoms with Crippen molar-refractivity contribution in [1.82, 2.24) is 9.88 Å². The molecule has 210 valence electrons. The lowest BCUT2D eigenvalue weighted by atomic mass is 9.71. The second-order valence-electron chi connectivity index (χ2n) is 10.9. The highest BCUT2D eigenvalue weighted by Crippen LogP contribution is 2.48. The van der Waals surface area contributed by atoms with Gasteiger partial charge in [0, 0.05) is 16.9 Å². The molecule has 0 saturated carbocycles.